The Morgan fingerprint density at radius 1 is 1.17 bits per heavy atom. The van der Waals surface area contributed by atoms with Gasteiger partial charge in [-0.1, -0.05) is 23.9 Å². The van der Waals surface area contributed by atoms with Crippen molar-refractivity contribution in [2.24, 2.45) is 0 Å². The van der Waals surface area contributed by atoms with Crippen LogP contribution in [0.3, 0.4) is 0 Å². The van der Waals surface area contributed by atoms with Crippen LogP contribution in [-0.4, -0.2) is 78.4 Å². The van der Waals surface area contributed by atoms with E-state index >= 15 is 0 Å². The Balaban J connectivity index is 1.39. The van der Waals surface area contributed by atoms with Gasteiger partial charge in [-0.3, -0.25) is 4.79 Å². The van der Waals surface area contributed by atoms with Crippen molar-refractivity contribution in [2.45, 2.75) is 42.1 Å². The third-order valence-electron chi connectivity index (χ3n) is 5.83. The van der Waals surface area contributed by atoms with Gasteiger partial charge in [-0.25, -0.2) is 23.1 Å². The van der Waals surface area contributed by atoms with Crippen LogP contribution >= 0.6 is 11.8 Å². The SMILES string of the molecule is CSc1nc(N2CCOCC2)c2cnn(CCNC(=O)Cc3ccc(S(=O)(=O)C(C)C)cc3)c2n1. The van der Waals surface area contributed by atoms with Crippen LogP contribution in [0.25, 0.3) is 11.0 Å². The van der Waals surface area contributed by atoms with Gasteiger partial charge in [-0.15, -0.1) is 0 Å². The second kappa shape index (κ2) is 10.9. The first kappa shape index (κ1) is 25.4. The van der Waals surface area contributed by atoms with E-state index in [-0.39, 0.29) is 17.2 Å². The summed E-state index contributed by atoms with van der Waals surface area (Å²) in [6, 6.07) is 6.49. The summed E-state index contributed by atoms with van der Waals surface area (Å²) in [5.74, 6) is 0.718. The van der Waals surface area contributed by atoms with Crippen molar-refractivity contribution < 1.29 is 17.9 Å². The summed E-state index contributed by atoms with van der Waals surface area (Å²) in [5, 5.41) is 8.47. The Kier molecular flexibility index (Phi) is 7.92. The molecule has 0 saturated carbocycles. The molecule has 0 spiro atoms. The Labute approximate surface area is 209 Å². The minimum atomic E-state index is -3.33. The van der Waals surface area contributed by atoms with Crippen LogP contribution in [0.4, 0.5) is 5.82 Å². The molecule has 10 nitrogen and oxygen atoms in total. The van der Waals surface area contributed by atoms with Crippen molar-refractivity contribution in [1.29, 1.82) is 0 Å². The molecule has 0 radical (unpaired) electrons. The van der Waals surface area contributed by atoms with Gasteiger partial charge in [0.15, 0.2) is 20.6 Å². The van der Waals surface area contributed by atoms with Gasteiger partial charge in [0.25, 0.3) is 0 Å². The van der Waals surface area contributed by atoms with Gasteiger partial charge >= 0.3 is 0 Å². The number of anilines is 1. The zero-order valence-corrected chi connectivity index (χ0v) is 21.7. The average molecular weight is 519 g/mol. The van der Waals surface area contributed by atoms with Crippen molar-refractivity contribution in [3.8, 4) is 0 Å². The van der Waals surface area contributed by atoms with Crippen LogP contribution in [0.5, 0.6) is 0 Å². The molecule has 3 heterocycles. The number of morpholine rings is 1. The zero-order chi connectivity index (χ0) is 25.0. The average Bonchev–Trinajstić information content (AvgIpc) is 3.27. The lowest BCUT2D eigenvalue weighted by atomic mass is 10.1. The molecule has 3 aromatic rings. The van der Waals surface area contributed by atoms with Crippen molar-refractivity contribution >= 4 is 44.4 Å². The van der Waals surface area contributed by atoms with Crippen LogP contribution in [0.15, 0.2) is 40.5 Å². The van der Waals surface area contributed by atoms with Crippen molar-refractivity contribution in [1.82, 2.24) is 25.1 Å². The van der Waals surface area contributed by atoms with Crippen molar-refractivity contribution in [3.63, 3.8) is 0 Å². The molecule has 35 heavy (non-hydrogen) atoms. The van der Waals surface area contributed by atoms with Crippen molar-refractivity contribution in [3.05, 3.63) is 36.0 Å². The smallest absolute Gasteiger partial charge is 0.224 e. The van der Waals surface area contributed by atoms with E-state index in [1.807, 2.05) is 6.26 Å². The van der Waals surface area contributed by atoms with E-state index in [1.54, 1.807) is 49.0 Å². The molecule has 12 heteroatoms. The van der Waals surface area contributed by atoms with Gasteiger partial charge < -0.3 is 15.0 Å². The molecule has 0 atom stereocenters. The number of nitrogens with zero attached hydrogens (tertiary/aromatic N) is 5. The summed E-state index contributed by atoms with van der Waals surface area (Å²) in [6.07, 6.45) is 3.89. The number of carbonyl (C=O) groups is 1. The fraction of sp³-hybridized carbons (Fsp3) is 0.478. The molecule has 0 bridgehead atoms. The number of rotatable bonds is 9. The molecule has 1 N–H and O–H groups in total. The predicted molar refractivity (Wildman–Crippen MR) is 136 cm³/mol. The second-order valence-corrected chi connectivity index (χ2v) is 11.8. The highest BCUT2D eigenvalue weighted by atomic mass is 32.2. The summed E-state index contributed by atoms with van der Waals surface area (Å²) >= 11 is 1.48. The molecule has 1 saturated heterocycles. The largest absolute Gasteiger partial charge is 0.378 e. The molecule has 1 amide bonds. The number of benzene rings is 1. The van der Waals surface area contributed by atoms with E-state index in [4.69, 9.17) is 9.72 Å². The quantitative estimate of drug-likeness (QED) is 0.335. The third kappa shape index (κ3) is 5.76. The maximum absolute atomic E-state index is 12.4. The lowest BCUT2D eigenvalue weighted by Gasteiger charge is -2.28. The number of sulfone groups is 1. The van der Waals surface area contributed by atoms with E-state index < -0.39 is 15.1 Å². The first-order chi connectivity index (χ1) is 16.8. The molecule has 0 aliphatic carbocycles. The van der Waals surface area contributed by atoms with Gasteiger partial charge in [0, 0.05) is 19.6 Å². The van der Waals surface area contributed by atoms with Crippen LogP contribution in [0.1, 0.15) is 19.4 Å². The highest BCUT2D eigenvalue weighted by Crippen LogP contribution is 2.27. The molecule has 1 aliphatic rings. The fourth-order valence-corrected chi connectivity index (χ4v) is 5.23. The number of thioether (sulfide) groups is 1. The summed E-state index contributed by atoms with van der Waals surface area (Å²) in [5.41, 5.74) is 1.49. The number of fused-ring (bicyclic) bond motifs is 1. The van der Waals surface area contributed by atoms with Gasteiger partial charge in [0.1, 0.15) is 5.82 Å². The highest BCUT2D eigenvalue weighted by molar-refractivity contribution is 7.98. The molecule has 2 aromatic heterocycles. The molecule has 1 fully saturated rings. The van der Waals surface area contributed by atoms with Gasteiger partial charge in [-0.2, -0.15) is 5.10 Å². The number of carbonyl (C=O) groups excluding carboxylic acids is 1. The fourth-order valence-electron chi connectivity index (χ4n) is 3.81. The monoisotopic (exact) mass is 518 g/mol. The number of aromatic nitrogens is 4. The molecule has 4 rings (SSSR count). The second-order valence-electron chi connectivity index (χ2n) is 8.50. The number of hydrogen-bond acceptors (Lipinski definition) is 9. The van der Waals surface area contributed by atoms with E-state index in [2.05, 4.69) is 20.3 Å². The Morgan fingerprint density at radius 3 is 2.54 bits per heavy atom. The molecule has 1 aromatic carbocycles. The van der Waals surface area contributed by atoms with Gasteiger partial charge in [0.05, 0.1) is 47.9 Å². The number of amides is 1. The first-order valence-electron chi connectivity index (χ1n) is 11.5. The lowest BCUT2D eigenvalue weighted by molar-refractivity contribution is -0.120. The Bertz CT molecular complexity index is 1290. The van der Waals surface area contributed by atoms with Crippen LogP contribution < -0.4 is 10.2 Å². The van der Waals surface area contributed by atoms with Gasteiger partial charge in [0.2, 0.25) is 5.91 Å². The molecule has 0 unspecified atom stereocenters. The maximum atomic E-state index is 12.4. The van der Waals surface area contributed by atoms with Crippen LogP contribution in [0.2, 0.25) is 0 Å². The van der Waals surface area contributed by atoms with E-state index in [0.29, 0.717) is 31.5 Å². The topological polar surface area (TPSA) is 119 Å². The van der Waals surface area contributed by atoms with E-state index in [1.165, 1.54) is 11.8 Å². The minimum absolute atomic E-state index is 0.144. The minimum Gasteiger partial charge on any atom is -0.378 e. The number of hydrogen-bond donors (Lipinski definition) is 1. The Morgan fingerprint density at radius 2 is 1.89 bits per heavy atom. The standard InChI is InChI=1S/C23H30N6O4S2/c1-16(2)35(31,32)18-6-4-17(5-7-18)14-20(30)24-8-9-29-22-19(15-25-29)21(26-23(27-22)34-3)28-10-12-33-13-11-28/h4-7,15-16H,8-14H2,1-3H3,(H,24,30). The first-order valence-corrected chi connectivity index (χ1v) is 14.3. The summed E-state index contributed by atoms with van der Waals surface area (Å²) in [4.78, 5) is 24.3. The normalized spacial score (nSPS) is 14.6. The summed E-state index contributed by atoms with van der Waals surface area (Å²) in [6.45, 7) is 7.02. The van der Waals surface area contributed by atoms with Crippen molar-refractivity contribution in [2.75, 3.05) is 44.0 Å². The molecular formula is C23H30N6O4S2. The Hall–Kier alpha value is -2.70. The number of nitrogens with one attached hydrogen (secondary N) is 1. The lowest BCUT2D eigenvalue weighted by Crippen LogP contribution is -2.37. The highest BCUT2D eigenvalue weighted by Gasteiger charge is 2.21. The number of ether oxygens (including phenoxy) is 1. The third-order valence-corrected chi connectivity index (χ3v) is 8.55. The molecule has 188 valence electrons. The maximum Gasteiger partial charge on any atom is 0.224 e. The van der Waals surface area contributed by atoms with E-state index in [0.717, 1.165) is 35.5 Å². The summed E-state index contributed by atoms with van der Waals surface area (Å²) < 4.78 is 31.8. The van der Waals surface area contributed by atoms with Crippen LogP contribution in [0, 0.1) is 0 Å². The predicted octanol–water partition coefficient (Wildman–Crippen LogP) is 1.93. The van der Waals surface area contributed by atoms with Crippen LogP contribution in [-0.2, 0) is 32.3 Å². The van der Waals surface area contributed by atoms with Gasteiger partial charge in [-0.05, 0) is 37.8 Å². The molecular weight excluding hydrogens is 488 g/mol. The zero-order valence-electron chi connectivity index (χ0n) is 20.1. The van der Waals surface area contributed by atoms with E-state index in [9.17, 15) is 13.2 Å². The summed E-state index contributed by atoms with van der Waals surface area (Å²) in [7, 11) is -3.33. The molecule has 1 aliphatic heterocycles.